The lowest BCUT2D eigenvalue weighted by Crippen LogP contribution is -2.28. The zero-order valence-corrected chi connectivity index (χ0v) is 12.6. The second-order valence-corrected chi connectivity index (χ2v) is 5.48. The molecule has 0 unspecified atom stereocenters. The number of halogens is 3. The molecule has 2 aromatic rings. The van der Waals surface area contributed by atoms with E-state index in [1.54, 1.807) is 17.0 Å². The number of fused-ring (bicyclic) bond motifs is 1. The third-order valence-corrected chi connectivity index (χ3v) is 3.85. The first kappa shape index (κ1) is 16.2. The van der Waals surface area contributed by atoms with Crippen molar-refractivity contribution < 1.29 is 22.7 Å². The molecule has 0 aliphatic carbocycles. The molecule has 0 radical (unpaired) electrons. The van der Waals surface area contributed by atoms with Crippen LogP contribution in [0.2, 0.25) is 0 Å². The Labute approximate surface area is 136 Å². The van der Waals surface area contributed by atoms with Crippen LogP contribution >= 0.6 is 0 Å². The van der Waals surface area contributed by atoms with Gasteiger partial charge in [0, 0.05) is 12.1 Å². The monoisotopic (exact) mass is 336 g/mol. The zero-order chi connectivity index (χ0) is 17.3. The van der Waals surface area contributed by atoms with Crippen LogP contribution in [0, 0.1) is 0 Å². The maximum absolute atomic E-state index is 12.6. The average Bonchev–Trinajstić information content (AvgIpc) is 2.85. The lowest BCUT2D eigenvalue weighted by Gasteiger charge is -2.17. The molecule has 0 atom stereocenters. The van der Waals surface area contributed by atoms with E-state index in [1.165, 1.54) is 6.07 Å². The number of anilines is 1. The van der Waals surface area contributed by atoms with Gasteiger partial charge in [0.05, 0.1) is 17.8 Å². The third-order valence-electron chi connectivity index (χ3n) is 3.85. The van der Waals surface area contributed by atoms with Gasteiger partial charge in [0.2, 0.25) is 0 Å². The quantitative estimate of drug-likeness (QED) is 0.872. The first-order valence-electron chi connectivity index (χ1n) is 7.33. The van der Waals surface area contributed by atoms with Gasteiger partial charge in [-0.15, -0.1) is 0 Å². The third kappa shape index (κ3) is 3.15. The molecule has 126 valence electrons. The van der Waals surface area contributed by atoms with Crippen molar-refractivity contribution >= 4 is 11.6 Å². The predicted octanol–water partition coefficient (Wildman–Crippen LogP) is 3.32. The van der Waals surface area contributed by atoms with Crippen LogP contribution in [0.1, 0.15) is 21.5 Å². The molecule has 3 rings (SSSR count). The van der Waals surface area contributed by atoms with Gasteiger partial charge in [-0.3, -0.25) is 4.79 Å². The van der Waals surface area contributed by atoms with Crippen LogP contribution in [-0.2, 0) is 12.7 Å². The number of carbonyl (C=O) groups is 1. The Balaban J connectivity index is 1.59. The number of nitrogen functional groups attached to an aromatic ring is 1. The number of ether oxygens (including phenoxy) is 1. The fourth-order valence-corrected chi connectivity index (χ4v) is 2.62. The second kappa shape index (κ2) is 6.07. The number of nitrogens with two attached hydrogens (primary N) is 1. The molecule has 1 aliphatic heterocycles. The maximum atomic E-state index is 12.6. The molecule has 24 heavy (non-hydrogen) atoms. The molecule has 2 aromatic carbocycles. The predicted molar refractivity (Wildman–Crippen MR) is 82.5 cm³/mol. The van der Waals surface area contributed by atoms with Crippen molar-refractivity contribution in [1.82, 2.24) is 4.90 Å². The molecule has 1 aliphatic rings. The molecule has 1 heterocycles. The Morgan fingerprint density at radius 2 is 1.92 bits per heavy atom. The summed E-state index contributed by atoms with van der Waals surface area (Å²) < 4.78 is 43.2. The fourth-order valence-electron chi connectivity index (χ4n) is 2.62. The number of benzene rings is 2. The maximum Gasteiger partial charge on any atom is 0.416 e. The van der Waals surface area contributed by atoms with Crippen molar-refractivity contribution in [2.24, 2.45) is 0 Å². The standard InChI is InChI=1S/C17H15F3N2O2/c18-17(19,20)12-5-6-15(14(21)9-12)24-8-7-22-10-11-3-1-2-4-13(11)16(22)23/h1-6,9H,7-8,10,21H2. The van der Waals surface area contributed by atoms with E-state index in [0.29, 0.717) is 18.7 Å². The van der Waals surface area contributed by atoms with Gasteiger partial charge in [-0.25, -0.2) is 0 Å². The smallest absolute Gasteiger partial charge is 0.416 e. The summed E-state index contributed by atoms with van der Waals surface area (Å²) in [7, 11) is 0. The van der Waals surface area contributed by atoms with Gasteiger partial charge in [0.15, 0.2) is 0 Å². The summed E-state index contributed by atoms with van der Waals surface area (Å²) in [5, 5.41) is 0. The summed E-state index contributed by atoms with van der Waals surface area (Å²) in [6, 6.07) is 10.3. The van der Waals surface area contributed by atoms with Gasteiger partial charge >= 0.3 is 6.18 Å². The molecule has 0 fully saturated rings. The normalized spacial score (nSPS) is 14.0. The van der Waals surface area contributed by atoms with Crippen LogP contribution < -0.4 is 10.5 Å². The molecule has 0 aromatic heterocycles. The molecular weight excluding hydrogens is 321 g/mol. The van der Waals surface area contributed by atoms with E-state index in [0.717, 1.165) is 17.7 Å². The topological polar surface area (TPSA) is 55.6 Å². The summed E-state index contributed by atoms with van der Waals surface area (Å²) in [5.74, 6) is 0.0988. The number of hydrogen-bond donors (Lipinski definition) is 1. The Morgan fingerprint density at radius 1 is 1.17 bits per heavy atom. The Kier molecular flexibility index (Phi) is 4.09. The van der Waals surface area contributed by atoms with Crippen molar-refractivity contribution in [3.63, 3.8) is 0 Å². The van der Waals surface area contributed by atoms with Gasteiger partial charge in [0.25, 0.3) is 5.91 Å². The molecule has 7 heteroatoms. The van der Waals surface area contributed by atoms with Crippen molar-refractivity contribution in [3.8, 4) is 5.75 Å². The fraction of sp³-hybridized carbons (Fsp3) is 0.235. The molecular formula is C17H15F3N2O2. The summed E-state index contributed by atoms with van der Waals surface area (Å²) in [4.78, 5) is 13.8. The van der Waals surface area contributed by atoms with Crippen LogP contribution in [0.4, 0.5) is 18.9 Å². The number of amides is 1. The molecule has 0 bridgehead atoms. The summed E-state index contributed by atoms with van der Waals surface area (Å²) in [6.45, 7) is 0.976. The molecule has 4 nitrogen and oxygen atoms in total. The zero-order valence-electron chi connectivity index (χ0n) is 12.6. The molecule has 2 N–H and O–H groups in total. The van der Waals surface area contributed by atoms with Crippen molar-refractivity contribution in [3.05, 3.63) is 59.2 Å². The largest absolute Gasteiger partial charge is 0.490 e. The highest BCUT2D eigenvalue weighted by molar-refractivity contribution is 5.98. The Hall–Kier alpha value is -2.70. The average molecular weight is 336 g/mol. The number of rotatable bonds is 4. The summed E-state index contributed by atoms with van der Waals surface area (Å²) >= 11 is 0. The minimum Gasteiger partial charge on any atom is -0.490 e. The second-order valence-electron chi connectivity index (χ2n) is 5.48. The number of alkyl halides is 3. The van der Waals surface area contributed by atoms with Crippen molar-refractivity contribution in [1.29, 1.82) is 0 Å². The van der Waals surface area contributed by atoms with Crippen LogP contribution in [0.5, 0.6) is 5.75 Å². The van der Waals surface area contributed by atoms with Gasteiger partial charge in [-0.1, -0.05) is 18.2 Å². The van der Waals surface area contributed by atoms with Gasteiger partial charge in [-0.05, 0) is 29.8 Å². The van der Waals surface area contributed by atoms with E-state index in [-0.39, 0.29) is 24.0 Å². The van der Waals surface area contributed by atoms with Crippen LogP contribution in [0.15, 0.2) is 42.5 Å². The number of hydrogen-bond acceptors (Lipinski definition) is 3. The van der Waals surface area contributed by atoms with Crippen LogP contribution in [-0.4, -0.2) is 24.0 Å². The highest BCUT2D eigenvalue weighted by Gasteiger charge is 2.31. The highest BCUT2D eigenvalue weighted by atomic mass is 19.4. The van der Waals surface area contributed by atoms with E-state index in [9.17, 15) is 18.0 Å². The van der Waals surface area contributed by atoms with Gasteiger partial charge in [-0.2, -0.15) is 13.2 Å². The minimum atomic E-state index is -4.44. The van der Waals surface area contributed by atoms with Crippen molar-refractivity contribution in [2.75, 3.05) is 18.9 Å². The van der Waals surface area contributed by atoms with Crippen molar-refractivity contribution in [2.45, 2.75) is 12.7 Å². The molecule has 0 spiro atoms. The molecule has 1 amide bonds. The SMILES string of the molecule is Nc1cc(C(F)(F)F)ccc1OCCN1Cc2ccccc2C1=O. The van der Waals surface area contributed by atoms with E-state index in [2.05, 4.69) is 0 Å². The Morgan fingerprint density at radius 3 is 2.58 bits per heavy atom. The van der Waals surface area contributed by atoms with E-state index in [4.69, 9.17) is 10.5 Å². The highest BCUT2D eigenvalue weighted by Crippen LogP contribution is 2.33. The van der Waals surface area contributed by atoms with Gasteiger partial charge in [0.1, 0.15) is 12.4 Å². The summed E-state index contributed by atoms with van der Waals surface area (Å²) in [6.07, 6.45) is -4.44. The first-order chi connectivity index (χ1) is 11.4. The van der Waals surface area contributed by atoms with Gasteiger partial charge < -0.3 is 15.4 Å². The van der Waals surface area contributed by atoms with E-state index in [1.807, 2.05) is 12.1 Å². The minimum absolute atomic E-state index is 0.0745. The summed E-state index contributed by atoms with van der Waals surface area (Å²) in [5.41, 5.74) is 6.33. The molecule has 0 saturated heterocycles. The van der Waals surface area contributed by atoms with Crippen LogP contribution in [0.3, 0.4) is 0 Å². The van der Waals surface area contributed by atoms with E-state index < -0.39 is 11.7 Å². The van der Waals surface area contributed by atoms with E-state index >= 15 is 0 Å². The molecule has 0 saturated carbocycles. The van der Waals surface area contributed by atoms with Crippen LogP contribution in [0.25, 0.3) is 0 Å². The lowest BCUT2D eigenvalue weighted by atomic mass is 10.1. The Bertz CT molecular complexity index is 775. The lowest BCUT2D eigenvalue weighted by molar-refractivity contribution is -0.137. The number of nitrogens with zero attached hydrogens (tertiary/aromatic N) is 1. The number of carbonyl (C=O) groups excluding carboxylic acids is 1. The first-order valence-corrected chi connectivity index (χ1v) is 7.33.